The third-order valence-electron chi connectivity index (χ3n) is 5.01. The molecule has 2 bridgehead atoms. The van der Waals surface area contributed by atoms with Crippen LogP contribution in [-0.2, 0) is 4.79 Å². The molecule has 1 unspecified atom stereocenters. The van der Waals surface area contributed by atoms with E-state index in [1.54, 1.807) is 19.0 Å². The summed E-state index contributed by atoms with van der Waals surface area (Å²) in [5.41, 5.74) is 2.50. The summed E-state index contributed by atoms with van der Waals surface area (Å²) in [4.78, 5) is 27.7. The number of amides is 3. The number of rotatable bonds is 0. The standard InChI is InChI=1S/C16H16N2O2/c1-17-14-12-8-7-11(9-5-3-4-6-10(9)12)13(14)15(19)18(2)16(17)20/h3-8,11-14H,1-2H3/t11-,12+,13?,14-/m1/s1. The molecule has 3 amide bonds. The summed E-state index contributed by atoms with van der Waals surface area (Å²) >= 11 is 0. The van der Waals surface area contributed by atoms with Gasteiger partial charge in [0, 0.05) is 25.9 Å². The number of imide groups is 1. The molecule has 1 saturated heterocycles. The second-order valence-corrected chi connectivity index (χ2v) is 5.87. The zero-order valence-electron chi connectivity index (χ0n) is 11.5. The highest BCUT2D eigenvalue weighted by atomic mass is 16.2. The summed E-state index contributed by atoms with van der Waals surface area (Å²) in [6.45, 7) is 0. The van der Waals surface area contributed by atoms with Gasteiger partial charge in [0.25, 0.3) is 0 Å². The molecule has 20 heavy (non-hydrogen) atoms. The van der Waals surface area contributed by atoms with E-state index in [-0.39, 0.29) is 35.7 Å². The van der Waals surface area contributed by atoms with Crippen molar-refractivity contribution in [3.05, 3.63) is 47.5 Å². The summed E-state index contributed by atoms with van der Waals surface area (Å²) in [6, 6.07) is 8.03. The normalized spacial score (nSPS) is 34.3. The predicted molar refractivity (Wildman–Crippen MR) is 74.3 cm³/mol. The maximum absolute atomic E-state index is 12.6. The minimum Gasteiger partial charge on any atom is -0.323 e. The van der Waals surface area contributed by atoms with Crippen molar-refractivity contribution in [2.45, 2.75) is 17.9 Å². The predicted octanol–water partition coefficient (Wildman–Crippen LogP) is 1.95. The highest BCUT2D eigenvalue weighted by molar-refractivity contribution is 5.99. The molecular weight excluding hydrogens is 252 g/mol. The number of carbonyl (C=O) groups is 2. The molecule has 5 rings (SSSR count). The lowest BCUT2D eigenvalue weighted by Gasteiger charge is -2.52. The monoisotopic (exact) mass is 268 g/mol. The Morgan fingerprint density at radius 1 is 0.950 bits per heavy atom. The van der Waals surface area contributed by atoms with Crippen molar-refractivity contribution in [2.75, 3.05) is 14.1 Å². The van der Waals surface area contributed by atoms with E-state index in [1.807, 2.05) is 12.1 Å². The van der Waals surface area contributed by atoms with E-state index in [9.17, 15) is 9.59 Å². The van der Waals surface area contributed by atoms with Crippen molar-refractivity contribution in [3.63, 3.8) is 0 Å². The van der Waals surface area contributed by atoms with Crippen LogP contribution < -0.4 is 0 Å². The summed E-state index contributed by atoms with van der Waals surface area (Å²) in [6.07, 6.45) is 4.31. The van der Waals surface area contributed by atoms with Gasteiger partial charge in [-0.1, -0.05) is 36.4 Å². The lowest BCUT2D eigenvalue weighted by atomic mass is 9.61. The van der Waals surface area contributed by atoms with Crippen LogP contribution in [0.1, 0.15) is 23.0 Å². The maximum Gasteiger partial charge on any atom is 0.326 e. The largest absolute Gasteiger partial charge is 0.326 e. The van der Waals surface area contributed by atoms with Gasteiger partial charge >= 0.3 is 6.03 Å². The van der Waals surface area contributed by atoms with E-state index in [1.165, 1.54) is 16.0 Å². The Balaban J connectivity index is 1.91. The van der Waals surface area contributed by atoms with Gasteiger partial charge in [-0.25, -0.2) is 4.79 Å². The lowest BCUT2D eigenvalue weighted by molar-refractivity contribution is -0.138. The number of urea groups is 1. The van der Waals surface area contributed by atoms with Crippen molar-refractivity contribution in [1.82, 2.24) is 9.80 Å². The molecule has 0 aromatic heterocycles. The Morgan fingerprint density at radius 3 is 2.25 bits per heavy atom. The van der Waals surface area contributed by atoms with Crippen molar-refractivity contribution >= 4 is 11.9 Å². The summed E-state index contributed by atoms with van der Waals surface area (Å²) < 4.78 is 0. The highest BCUT2D eigenvalue weighted by Crippen LogP contribution is 2.51. The first kappa shape index (κ1) is 11.7. The fourth-order valence-corrected chi connectivity index (χ4v) is 4.08. The topological polar surface area (TPSA) is 40.6 Å². The number of carbonyl (C=O) groups excluding carboxylic acids is 2. The van der Waals surface area contributed by atoms with Gasteiger partial charge in [-0.3, -0.25) is 9.69 Å². The zero-order valence-corrected chi connectivity index (χ0v) is 11.5. The first-order chi connectivity index (χ1) is 9.61. The number of likely N-dealkylation sites (N-methyl/N-ethyl adjacent to an activating group) is 1. The minimum absolute atomic E-state index is 0.0453. The quantitative estimate of drug-likeness (QED) is 0.675. The second-order valence-electron chi connectivity index (χ2n) is 5.87. The molecule has 0 radical (unpaired) electrons. The van der Waals surface area contributed by atoms with Crippen LogP contribution in [0.4, 0.5) is 4.79 Å². The second kappa shape index (κ2) is 3.72. The molecular formula is C16H16N2O2. The fourth-order valence-electron chi connectivity index (χ4n) is 4.08. The molecule has 4 heteroatoms. The average Bonchev–Trinajstić information content (AvgIpc) is 2.50. The third kappa shape index (κ3) is 1.22. The maximum atomic E-state index is 12.6. The van der Waals surface area contributed by atoms with Crippen LogP contribution in [0.15, 0.2) is 36.4 Å². The molecule has 1 heterocycles. The van der Waals surface area contributed by atoms with Gasteiger partial charge in [0.1, 0.15) is 0 Å². The van der Waals surface area contributed by atoms with Crippen LogP contribution in [-0.4, -0.2) is 41.9 Å². The molecule has 0 spiro atoms. The first-order valence-electron chi connectivity index (χ1n) is 6.93. The first-order valence-corrected chi connectivity index (χ1v) is 6.93. The smallest absolute Gasteiger partial charge is 0.323 e. The number of nitrogens with zero attached hydrogens (tertiary/aromatic N) is 2. The molecule has 0 saturated carbocycles. The molecule has 1 aromatic rings. The Morgan fingerprint density at radius 2 is 1.55 bits per heavy atom. The molecule has 4 atom stereocenters. The average molecular weight is 268 g/mol. The molecule has 102 valence electrons. The number of hydrogen-bond donors (Lipinski definition) is 0. The number of allylic oxidation sites excluding steroid dienone is 1. The van der Waals surface area contributed by atoms with Crippen molar-refractivity contribution in [1.29, 1.82) is 0 Å². The molecule has 3 aliphatic carbocycles. The van der Waals surface area contributed by atoms with E-state index >= 15 is 0 Å². The zero-order chi connectivity index (χ0) is 14.0. The van der Waals surface area contributed by atoms with Crippen LogP contribution in [0.3, 0.4) is 0 Å². The van der Waals surface area contributed by atoms with Crippen LogP contribution in [0.25, 0.3) is 0 Å². The molecule has 1 fully saturated rings. The molecule has 4 aliphatic rings. The summed E-state index contributed by atoms with van der Waals surface area (Å²) in [5, 5.41) is 0. The fraction of sp³-hybridized carbons (Fsp3) is 0.375. The van der Waals surface area contributed by atoms with E-state index < -0.39 is 0 Å². The van der Waals surface area contributed by atoms with E-state index in [0.29, 0.717) is 0 Å². The summed E-state index contributed by atoms with van der Waals surface area (Å²) in [5.74, 6) is 0.0269. The lowest BCUT2D eigenvalue weighted by Crippen LogP contribution is -2.64. The van der Waals surface area contributed by atoms with Crippen molar-refractivity contribution in [3.8, 4) is 0 Å². The Kier molecular flexibility index (Phi) is 2.18. The molecule has 0 N–H and O–H groups in total. The summed E-state index contributed by atoms with van der Waals surface area (Å²) in [7, 11) is 3.38. The number of benzene rings is 1. The van der Waals surface area contributed by atoms with E-state index in [4.69, 9.17) is 0 Å². The van der Waals surface area contributed by atoms with Gasteiger partial charge in [0.05, 0.1) is 12.0 Å². The van der Waals surface area contributed by atoms with Crippen LogP contribution in [0, 0.1) is 5.92 Å². The van der Waals surface area contributed by atoms with Gasteiger partial charge in [-0.15, -0.1) is 0 Å². The number of hydrogen-bond acceptors (Lipinski definition) is 2. The molecule has 1 aromatic carbocycles. The van der Waals surface area contributed by atoms with Crippen LogP contribution in [0.2, 0.25) is 0 Å². The van der Waals surface area contributed by atoms with Gasteiger partial charge in [0.15, 0.2) is 0 Å². The Labute approximate surface area is 117 Å². The van der Waals surface area contributed by atoms with Crippen molar-refractivity contribution < 1.29 is 9.59 Å². The SMILES string of the molecule is CN1C(=O)C2[C@@H]3C=C[C@@H](c4ccccc43)[C@H]2N(C)C1=O. The van der Waals surface area contributed by atoms with Gasteiger partial charge in [0.2, 0.25) is 5.91 Å². The van der Waals surface area contributed by atoms with Crippen LogP contribution in [0.5, 0.6) is 0 Å². The third-order valence-corrected chi connectivity index (χ3v) is 5.01. The molecule has 1 aliphatic heterocycles. The van der Waals surface area contributed by atoms with Crippen LogP contribution >= 0.6 is 0 Å². The minimum atomic E-state index is -0.199. The van der Waals surface area contributed by atoms with E-state index in [2.05, 4.69) is 24.3 Å². The van der Waals surface area contributed by atoms with Gasteiger partial charge in [-0.2, -0.15) is 0 Å². The molecule has 4 nitrogen and oxygen atoms in total. The van der Waals surface area contributed by atoms with Gasteiger partial charge in [-0.05, 0) is 11.1 Å². The van der Waals surface area contributed by atoms with E-state index in [0.717, 1.165) is 0 Å². The Bertz CT molecular complexity index is 652. The highest BCUT2D eigenvalue weighted by Gasteiger charge is 2.54. The Hall–Kier alpha value is -2.10. The van der Waals surface area contributed by atoms with Crippen molar-refractivity contribution in [2.24, 2.45) is 5.92 Å². The van der Waals surface area contributed by atoms with Gasteiger partial charge < -0.3 is 4.90 Å².